The first-order valence-corrected chi connectivity index (χ1v) is 5.27. The maximum absolute atomic E-state index is 8.56. The molecule has 0 spiro atoms. The van der Waals surface area contributed by atoms with Gasteiger partial charge in [-0.2, -0.15) is 0 Å². The third kappa shape index (κ3) is 63.2. The number of hydrogen-bond acceptors (Lipinski definition) is 2. The summed E-state index contributed by atoms with van der Waals surface area (Å²) in [6, 6.07) is 0. The summed E-state index contributed by atoms with van der Waals surface area (Å²) < 4.78 is 0. The van der Waals surface area contributed by atoms with Crippen molar-refractivity contribution in [3.05, 3.63) is 13.2 Å². The summed E-state index contributed by atoms with van der Waals surface area (Å²) in [5, 5.41) is 17.3. The Balaban J connectivity index is -0.000000202. The Kier molecular flexibility index (Phi) is 30.1. The Morgan fingerprint density at radius 1 is 1.07 bits per heavy atom. The lowest BCUT2D eigenvalue weighted by Gasteiger charge is -1.99. The average Bonchev–Trinajstić information content (AvgIpc) is 2.20. The van der Waals surface area contributed by atoms with E-state index in [2.05, 4.69) is 32.3 Å². The number of unbranched alkanes of at least 4 members (excludes halogenated alkanes) is 2. The first-order valence-electron chi connectivity index (χ1n) is 5.27. The number of hydrogen-bond donors (Lipinski definition) is 3. The van der Waals surface area contributed by atoms with Crippen LogP contribution in [0, 0.1) is 0 Å². The van der Waals surface area contributed by atoms with Crippen LogP contribution in [0.2, 0.25) is 0 Å². The van der Waals surface area contributed by atoms with Crippen molar-refractivity contribution >= 4 is 6.16 Å². The second-order valence-corrected chi connectivity index (χ2v) is 2.74. The molecule has 15 heavy (non-hydrogen) atoms. The molecule has 0 atom stereocenters. The molecule has 0 heterocycles. The predicted octanol–water partition coefficient (Wildman–Crippen LogP) is 3.20. The van der Waals surface area contributed by atoms with E-state index in [0.29, 0.717) is 0 Å². The summed E-state index contributed by atoms with van der Waals surface area (Å²) in [5.41, 5.74) is 0. The highest BCUT2D eigenvalue weighted by Crippen LogP contribution is 1.85. The van der Waals surface area contributed by atoms with Crippen molar-refractivity contribution in [2.75, 3.05) is 13.1 Å². The number of carboxylic acid groups (broad SMARTS) is 2. The van der Waals surface area contributed by atoms with Gasteiger partial charge in [0, 0.05) is 0 Å². The second kappa shape index (κ2) is 23.1. The van der Waals surface area contributed by atoms with E-state index >= 15 is 0 Å². The van der Waals surface area contributed by atoms with Gasteiger partial charge in [-0.3, -0.25) is 0 Å². The zero-order valence-corrected chi connectivity index (χ0v) is 9.96. The van der Waals surface area contributed by atoms with E-state index in [1.54, 1.807) is 0 Å². The van der Waals surface area contributed by atoms with Crippen molar-refractivity contribution in [2.24, 2.45) is 0 Å². The normalized spacial score (nSPS) is 7.87. The Labute approximate surface area is 93.0 Å². The van der Waals surface area contributed by atoms with Gasteiger partial charge >= 0.3 is 6.16 Å². The van der Waals surface area contributed by atoms with Crippen LogP contribution in [-0.4, -0.2) is 29.5 Å². The SMILES string of the molecule is C=C.CCCCNCCCC.O=C(O)O. The van der Waals surface area contributed by atoms with Crippen LogP contribution < -0.4 is 5.32 Å². The molecule has 0 unspecified atom stereocenters. The highest BCUT2D eigenvalue weighted by Gasteiger charge is 1.83. The molecule has 0 aliphatic rings. The largest absolute Gasteiger partial charge is 0.503 e. The van der Waals surface area contributed by atoms with Crippen molar-refractivity contribution in [1.29, 1.82) is 0 Å². The molecular formula is C11H25NO3. The molecule has 0 aromatic carbocycles. The van der Waals surface area contributed by atoms with Gasteiger partial charge in [0.2, 0.25) is 0 Å². The van der Waals surface area contributed by atoms with Crippen molar-refractivity contribution in [3.63, 3.8) is 0 Å². The fourth-order valence-corrected chi connectivity index (χ4v) is 0.729. The van der Waals surface area contributed by atoms with Crippen LogP contribution in [0.4, 0.5) is 4.79 Å². The van der Waals surface area contributed by atoms with E-state index < -0.39 is 6.16 Å². The maximum atomic E-state index is 8.56. The Hall–Kier alpha value is -1.03. The van der Waals surface area contributed by atoms with Crippen molar-refractivity contribution in [3.8, 4) is 0 Å². The monoisotopic (exact) mass is 219 g/mol. The molecule has 0 aliphatic carbocycles. The Bertz CT molecular complexity index is 108. The van der Waals surface area contributed by atoms with Gasteiger partial charge in [0.05, 0.1) is 0 Å². The van der Waals surface area contributed by atoms with Crippen LogP contribution in [0.5, 0.6) is 0 Å². The van der Waals surface area contributed by atoms with Crippen LogP contribution in [0.1, 0.15) is 39.5 Å². The van der Waals surface area contributed by atoms with E-state index in [-0.39, 0.29) is 0 Å². The van der Waals surface area contributed by atoms with Gasteiger partial charge in [0.15, 0.2) is 0 Å². The Morgan fingerprint density at radius 2 is 1.33 bits per heavy atom. The van der Waals surface area contributed by atoms with Crippen LogP contribution in [0.25, 0.3) is 0 Å². The third-order valence-electron chi connectivity index (χ3n) is 1.41. The van der Waals surface area contributed by atoms with E-state index in [1.807, 2.05) is 0 Å². The van der Waals surface area contributed by atoms with Gasteiger partial charge in [-0.1, -0.05) is 26.7 Å². The minimum atomic E-state index is -1.83. The highest BCUT2D eigenvalue weighted by atomic mass is 16.6. The van der Waals surface area contributed by atoms with Gasteiger partial charge < -0.3 is 15.5 Å². The molecule has 4 nitrogen and oxygen atoms in total. The number of rotatable bonds is 6. The molecule has 92 valence electrons. The number of nitrogens with one attached hydrogen (secondary N) is 1. The summed E-state index contributed by atoms with van der Waals surface area (Å²) in [4.78, 5) is 8.56. The molecule has 3 N–H and O–H groups in total. The molecule has 0 radical (unpaired) electrons. The standard InChI is InChI=1S/C8H19N.C2H4.CH2O3/c1-3-5-7-9-8-6-4-2;1-2;2-1(3)4/h9H,3-8H2,1-2H3;1-2H2;(H2,2,3,4). The molecule has 0 aliphatic heterocycles. The first-order chi connectivity index (χ1) is 7.15. The minimum absolute atomic E-state index is 1.20. The summed E-state index contributed by atoms with van der Waals surface area (Å²) in [6.07, 6.45) is 3.42. The van der Waals surface area contributed by atoms with Crippen LogP contribution >= 0.6 is 0 Å². The molecule has 0 aromatic rings. The van der Waals surface area contributed by atoms with Crippen LogP contribution in [0.3, 0.4) is 0 Å². The van der Waals surface area contributed by atoms with Crippen LogP contribution in [0.15, 0.2) is 13.2 Å². The summed E-state index contributed by atoms with van der Waals surface area (Å²) in [7, 11) is 0. The summed E-state index contributed by atoms with van der Waals surface area (Å²) in [5.74, 6) is 0. The van der Waals surface area contributed by atoms with Gasteiger partial charge in [-0.15, -0.1) is 13.2 Å². The fraction of sp³-hybridized carbons (Fsp3) is 0.727. The zero-order valence-electron chi connectivity index (χ0n) is 9.96. The quantitative estimate of drug-likeness (QED) is 0.474. The second-order valence-electron chi connectivity index (χ2n) is 2.74. The lowest BCUT2D eigenvalue weighted by molar-refractivity contribution is 0.137. The molecule has 0 aromatic heterocycles. The minimum Gasteiger partial charge on any atom is -0.450 e. The van der Waals surface area contributed by atoms with E-state index in [0.717, 1.165) is 0 Å². The lowest BCUT2D eigenvalue weighted by Crippen LogP contribution is -2.15. The predicted molar refractivity (Wildman–Crippen MR) is 64.6 cm³/mol. The van der Waals surface area contributed by atoms with Gasteiger partial charge in [0.1, 0.15) is 0 Å². The van der Waals surface area contributed by atoms with Gasteiger partial charge in [-0.05, 0) is 25.9 Å². The molecular weight excluding hydrogens is 194 g/mol. The van der Waals surface area contributed by atoms with E-state index in [4.69, 9.17) is 15.0 Å². The molecule has 0 bridgehead atoms. The molecule has 0 fully saturated rings. The molecule has 0 saturated carbocycles. The highest BCUT2D eigenvalue weighted by molar-refractivity contribution is 5.53. The maximum Gasteiger partial charge on any atom is 0.503 e. The lowest BCUT2D eigenvalue weighted by atomic mass is 10.3. The van der Waals surface area contributed by atoms with Crippen molar-refractivity contribution in [2.45, 2.75) is 39.5 Å². The molecule has 0 saturated heterocycles. The summed E-state index contributed by atoms with van der Waals surface area (Å²) >= 11 is 0. The van der Waals surface area contributed by atoms with Crippen LogP contribution in [-0.2, 0) is 0 Å². The smallest absolute Gasteiger partial charge is 0.450 e. The van der Waals surface area contributed by atoms with Crippen molar-refractivity contribution < 1.29 is 15.0 Å². The average molecular weight is 219 g/mol. The molecule has 0 amide bonds. The van der Waals surface area contributed by atoms with Gasteiger partial charge in [0.25, 0.3) is 0 Å². The molecule has 0 rings (SSSR count). The Morgan fingerprint density at radius 3 is 1.53 bits per heavy atom. The topological polar surface area (TPSA) is 69.6 Å². The van der Waals surface area contributed by atoms with E-state index in [1.165, 1.54) is 38.8 Å². The van der Waals surface area contributed by atoms with E-state index in [9.17, 15) is 0 Å². The van der Waals surface area contributed by atoms with Gasteiger partial charge in [-0.25, -0.2) is 4.79 Å². The zero-order chi connectivity index (χ0) is 12.5. The first kappa shape index (κ1) is 19.5. The molecule has 4 heteroatoms. The fourth-order valence-electron chi connectivity index (χ4n) is 0.729. The van der Waals surface area contributed by atoms with Crippen molar-refractivity contribution in [1.82, 2.24) is 5.32 Å². The third-order valence-corrected chi connectivity index (χ3v) is 1.41. The number of carbonyl (C=O) groups is 1. The summed E-state index contributed by atoms with van der Waals surface area (Å²) in [6.45, 7) is 12.9.